The number of thiophene rings is 1. The Kier molecular flexibility index (Phi) is 5.16. The third kappa shape index (κ3) is 3.70. The molecule has 5 heteroatoms. The van der Waals surface area contributed by atoms with E-state index in [0.29, 0.717) is 6.04 Å². The maximum absolute atomic E-state index is 11.4. The molecule has 2 atom stereocenters. The van der Waals surface area contributed by atoms with Crippen molar-refractivity contribution in [2.45, 2.75) is 26.3 Å². The fourth-order valence-corrected chi connectivity index (χ4v) is 4.50. The predicted octanol–water partition coefficient (Wildman–Crippen LogP) is 1.77. The standard InChI is InChI=1S/C17H27N3OS/c1-14-12-18(6-5-16-4-3-11-22-16)13-17(14)20-9-7-19(8-10-20)15(2)21/h3-4,11,14,17H,5-10,12-13H2,1-2H3/t14-,17-/m1/s1. The first-order valence-electron chi connectivity index (χ1n) is 8.38. The molecule has 1 amide bonds. The Balaban J connectivity index is 1.48. The molecular formula is C17H27N3OS. The highest BCUT2D eigenvalue weighted by atomic mass is 32.1. The van der Waals surface area contributed by atoms with Crippen molar-refractivity contribution in [1.29, 1.82) is 0 Å². The maximum Gasteiger partial charge on any atom is 0.219 e. The lowest BCUT2D eigenvalue weighted by molar-refractivity contribution is -0.130. The largest absolute Gasteiger partial charge is 0.340 e. The van der Waals surface area contributed by atoms with Crippen molar-refractivity contribution < 1.29 is 4.79 Å². The molecule has 0 aromatic carbocycles. The Morgan fingerprint density at radius 3 is 2.68 bits per heavy atom. The van der Waals surface area contributed by atoms with Gasteiger partial charge in [0.25, 0.3) is 0 Å². The number of hydrogen-bond donors (Lipinski definition) is 0. The SMILES string of the molecule is CC(=O)N1CCN([C@@H]2CN(CCc3cccs3)C[C@H]2C)CC1. The molecule has 22 heavy (non-hydrogen) atoms. The fraction of sp³-hybridized carbons (Fsp3) is 0.706. The molecule has 2 saturated heterocycles. The van der Waals surface area contributed by atoms with Gasteiger partial charge in [-0.2, -0.15) is 0 Å². The van der Waals surface area contributed by atoms with E-state index in [0.717, 1.165) is 32.1 Å². The molecule has 0 radical (unpaired) electrons. The van der Waals surface area contributed by atoms with E-state index in [2.05, 4.69) is 34.2 Å². The van der Waals surface area contributed by atoms with E-state index in [1.54, 1.807) is 6.92 Å². The van der Waals surface area contributed by atoms with Crippen LogP contribution in [0.25, 0.3) is 0 Å². The highest BCUT2D eigenvalue weighted by Gasteiger charge is 2.35. The first kappa shape index (κ1) is 16.0. The summed E-state index contributed by atoms with van der Waals surface area (Å²) in [5.74, 6) is 0.948. The topological polar surface area (TPSA) is 26.8 Å². The highest BCUT2D eigenvalue weighted by Crippen LogP contribution is 2.23. The number of amides is 1. The molecule has 0 spiro atoms. The first-order valence-corrected chi connectivity index (χ1v) is 9.26. The van der Waals surface area contributed by atoms with Crippen LogP contribution in [-0.4, -0.2) is 72.5 Å². The zero-order valence-electron chi connectivity index (χ0n) is 13.7. The van der Waals surface area contributed by atoms with Gasteiger partial charge in [-0.05, 0) is 23.8 Å². The lowest BCUT2D eigenvalue weighted by atomic mass is 10.0. The summed E-state index contributed by atoms with van der Waals surface area (Å²) in [4.78, 5) is 20.1. The Morgan fingerprint density at radius 2 is 2.05 bits per heavy atom. The van der Waals surface area contributed by atoms with Crippen molar-refractivity contribution in [1.82, 2.24) is 14.7 Å². The van der Waals surface area contributed by atoms with Gasteiger partial charge in [0.2, 0.25) is 5.91 Å². The van der Waals surface area contributed by atoms with Crippen molar-refractivity contribution in [3.8, 4) is 0 Å². The van der Waals surface area contributed by atoms with Crippen LogP contribution in [0.2, 0.25) is 0 Å². The molecule has 2 aliphatic heterocycles. The maximum atomic E-state index is 11.4. The number of carbonyl (C=O) groups excluding carboxylic acids is 1. The molecule has 4 nitrogen and oxygen atoms in total. The van der Waals surface area contributed by atoms with Crippen LogP contribution < -0.4 is 0 Å². The lowest BCUT2D eigenvalue weighted by Crippen LogP contribution is -2.53. The van der Waals surface area contributed by atoms with Crippen molar-refractivity contribution in [2.24, 2.45) is 5.92 Å². The van der Waals surface area contributed by atoms with Crippen LogP contribution in [-0.2, 0) is 11.2 Å². The Bertz CT molecular complexity index is 482. The Morgan fingerprint density at radius 1 is 1.27 bits per heavy atom. The second-order valence-electron chi connectivity index (χ2n) is 6.68. The van der Waals surface area contributed by atoms with Gasteiger partial charge >= 0.3 is 0 Å². The minimum atomic E-state index is 0.219. The van der Waals surface area contributed by atoms with Crippen LogP contribution in [0.5, 0.6) is 0 Å². The van der Waals surface area contributed by atoms with Crippen LogP contribution in [0.1, 0.15) is 18.7 Å². The average Bonchev–Trinajstić information content (AvgIpc) is 3.14. The second kappa shape index (κ2) is 7.11. The summed E-state index contributed by atoms with van der Waals surface area (Å²) in [5, 5.41) is 2.17. The van der Waals surface area contributed by atoms with E-state index >= 15 is 0 Å². The van der Waals surface area contributed by atoms with Crippen molar-refractivity contribution in [2.75, 3.05) is 45.8 Å². The van der Waals surface area contributed by atoms with Gasteiger partial charge in [-0.1, -0.05) is 13.0 Å². The number of nitrogens with zero attached hydrogens (tertiary/aromatic N) is 3. The normalized spacial score (nSPS) is 27.5. The number of piperazine rings is 1. The third-order valence-electron chi connectivity index (χ3n) is 5.13. The van der Waals surface area contributed by atoms with E-state index in [4.69, 9.17) is 0 Å². The molecule has 1 aromatic heterocycles. The van der Waals surface area contributed by atoms with Gasteiger partial charge in [0.15, 0.2) is 0 Å². The minimum Gasteiger partial charge on any atom is -0.340 e. The molecule has 0 unspecified atom stereocenters. The van der Waals surface area contributed by atoms with Crippen molar-refractivity contribution >= 4 is 17.2 Å². The van der Waals surface area contributed by atoms with E-state index in [9.17, 15) is 4.79 Å². The Labute approximate surface area is 137 Å². The quantitative estimate of drug-likeness (QED) is 0.846. The van der Waals surface area contributed by atoms with Crippen LogP contribution in [0.4, 0.5) is 0 Å². The van der Waals surface area contributed by atoms with Crippen LogP contribution in [0.15, 0.2) is 17.5 Å². The monoisotopic (exact) mass is 321 g/mol. The molecule has 0 N–H and O–H groups in total. The van der Waals surface area contributed by atoms with Gasteiger partial charge < -0.3 is 9.80 Å². The van der Waals surface area contributed by atoms with Crippen molar-refractivity contribution in [3.05, 3.63) is 22.4 Å². The van der Waals surface area contributed by atoms with Crippen LogP contribution in [0.3, 0.4) is 0 Å². The first-order chi connectivity index (χ1) is 10.6. The summed E-state index contributed by atoms with van der Waals surface area (Å²) in [6, 6.07) is 5.05. The zero-order valence-corrected chi connectivity index (χ0v) is 14.5. The summed E-state index contributed by atoms with van der Waals surface area (Å²) in [7, 11) is 0. The Hall–Kier alpha value is -0.910. The lowest BCUT2D eigenvalue weighted by Gasteiger charge is -2.39. The van der Waals surface area contributed by atoms with Gasteiger partial charge in [-0.25, -0.2) is 0 Å². The number of hydrogen-bond acceptors (Lipinski definition) is 4. The smallest absolute Gasteiger partial charge is 0.219 e. The highest BCUT2D eigenvalue weighted by molar-refractivity contribution is 7.09. The summed E-state index contributed by atoms with van der Waals surface area (Å²) in [6.45, 7) is 11.5. The molecule has 122 valence electrons. The van der Waals surface area contributed by atoms with Gasteiger partial charge in [0.05, 0.1) is 0 Å². The summed E-state index contributed by atoms with van der Waals surface area (Å²) >= 11 is 1.86. The van der Waals surface area contributed by atoms with Gasteiger partial charge in [0.1, 0.15) is 0 Å². The van der Waals surface area contributed by atoms with Gasteiger partial charge in [-0.15, -0.1) is 11.3 Å². The van der Waals surface area contributed by atoms with E-state index in [-0.39, 0.29) is 5.91 Å². The molecule has 0 aliphatic carbocycles. The van der Waals surface area contributed by atoms with Crippen LogP contribution >= 0.6 is 11.3 Å². The number of likely N-dealkylation sites (tertiary alicyclic amines) is 1. The van der Waals surface area contributed by atoms with Crippen LogP contribution in [0, 0.1) is 5.92 Å². The minimum absolute atomic E-state index is 0.219. The molecular weight excluding hydrogens is 294 g/mol. The average molecular weight is 321 g/mol. The summed E-state index contributed by atoms with van der Waals surface area (Å²) < 4.78 is 0. The molecule has 1 aromatic rings. The zero-order chi connectivity index (χ0) is 15.5. The molecule has 3 rings (SSSR count). The van der Waals surface area contributed by atoms with Crippen molar-refractivity contribution in [3.63, 3.8) is 0 Å². The fourth-order valence-electron chi connectivity index (χ4n) is 3.80. The predicted molar refractivity (Wildman–Crippen MR) is 91.2 cm³/mol. The summed E-state index contributed by atoms with van der Waals surface area (Å²) in [6.07, 6.45) is 1.18. The van der Waals surface area contributed by atoms with E-state index in [1.165, 1.54) is 30.9 Å². The molecule has 0 saturated carbocycles. The van der Waals surface area contributed by atoms with E-state index < -0.39 is 0 Å². The molecule has 2 aliphatic rings. The molecule has 2 fully saturated rings. The number of rotatable bonds is 4. The molecule has 3 heterocycles. The van der Waals surface area contributed by atoms with E-state index in [1.807, 2.05) is 16.2 Å². The van der Waals surface area contributed by atoms with Gasteiger partial charge in [-0.3, -0.25) is 9.69 Å². The second-order valence-corrected chi connectivity index (χ2v) is 7.71. The van der Waals surface area contributed by atoms with Gasteiger partial charge in [0, 0.05) is 63.7 Å². The summed E-state index contributed by atoms with van der Waals surface area (Å²) in [5.41, 5.74) is 0. The molecule has 0 bridgehead atoms. The third-order valence-corrected chi connectivity index (χ3v) is 6.07. The number of carbonyl (C=O) groups is 1.